The minimum Gasteiger partial charge on any atom is -0.241 e. The topological polar surface area (TPSA) is 12.9 Å². The molecule has 1 nitrogen and oxygen atoms in total. The summed E-state index contributed by atoms with van der Waals surface area (Å²) in [7, 11) is 0. The molecule has 0 aliphatic heterocycles. The van der Waals surface area contributed by atoms with Gasteiger partial charge in [-0.05, 0) is 56.9 Å². The van der Waals surface area contributed by atoms with Crippen LogP contribution in [-0.4, -0.2) is 4.98 Å². The molecule has 3 heteroatoms. The molecule has 0 radical (unpaired) electrons. The number of aromatic nitrogens is 1. The van der Waals surface area contributed by atoms with Gasteiger partial charge in [0.2, 0.25) is 0 Å². The zero-order chi connectivity index (χ0) is 16.0. The molecule has 0 spiro atoms. The van der Waals surface area contributed by atoms with Crippen LogP contribution in [0.4, 0.5) is 4.39 Å². The predicted octanol–water partition coefficient (Wildman–Crippen LogP) is 5.83. The smallest absolute Gasteiger partial charge is 0.164 e. The van der Waals surface area contributed by atoms with E-state index in [0.717, 1.165) is 16.7 Å². The third kappa shape index (κ3) is 4.98. The molecule has 112 valence electrons. The van der Waals surface area contributed by atoms with Crippen LogP contribution in [0, 0.1) is 5.82 Å². The summed E-state index contributed by atoms with van der Waals surface area (Å²) in [5.74, 6) is -0.478. The Labute approximate surface area is 131 Å². The molecule has 1 rings (SSSR count). The maximum atomic E-state index is 13.4. The van der Waals surface area contributed by atoms with E-state index >= 15 is 0 Å². The van der Waals surface area contributed by atoms with E-state index in [1.165, 1.54) is 17.2 Å². The highest BCUT2D eigenvalue weighted by Gasteiger charge is 2.06. The van der Waals surface area contributed by atoms with Gasteiger partial charge in [0, 0.05) is 6.20 Å². The highest BCUT2D eigenvalue weighted by atomic mass is 35.5. The van der Waals surface area contributed by atoms with Gasteiger partial charge in [0.1, 0.15) is 0 Å². The van der Waals surface area contributed by atoms with Crippen molar-refractivity contribution in [3.8, 4) is 0 Å². The van der Waals surface area contributed by atoms with Gasteiger partial charge >= 0.3 is 0 Å². The number of halogens is 2. The van der Waals surface area contributed by atoms with Gasteiger partial charge in [-0.1, -0.05) is 47.6 Å². The minimum absolute atomic E-state index is 0.0872. The number of hydrogen-bond acceptors (Lipinski definition) is 1. The van der Waals surface area contributed by atoms with Crippen LogP contribution in [0.25, 0.3) is 0 Å². The van der Waals surface area contributed by atoms with Crippen LogP contribution in [-0.2, 0) is 6.42 Å². The second-order valence-corrected chi connectivity index (χ2v) is 5.39. The standard InChI is InChI=1S/C18H21ClFN/c1-6-12(3)8-16(7-2)14(5)13(4)9-15-10-17(20)18(19)21-11-15/h6-8,10-11H,1,9H2,2-5H3/b12-8-,14-13+,16-7+. The number of hydrogen-bond donors (Lipinski definition) is 0. The maximum Gasteiger partial charge on any atom is 0.164 e. The Balaban J connectivity index is 3.05. The van der Waals surface area contributed by atoms with Gasteiger partial charge in [0.15, 0.2) is 11.0 Å². The van der Waals surface area contributed by atoms with Gasteiger partial charge in [0.25, 0.3) is 0 Å². The first kappa shape index (κ1) is 17.4. The van der Waals surface area contributed by atoms with Crippen LogP contribution in [0.1, 0.15) is 33.3 Å². The van der Waals surface area contributed by atoms with Gasteiger partial charge < -0.3 is 0 Å². The second kappa shape index (κ2) is 7.94. The summed E-state index contributed by atoms with van der Waals surface area (Å²) in [6.07, 6.45) is 8.23. The summed E-state index contributed by atoms with van der Waals surface area (Å²) in [6, 6.07) is 1.44. The van der Waals surface area contributed by atoms with Gasteiger partial charge in [-0.3, -0.25) is 0 Å². The fourth-order valence-corrected chi connectivity index (χ4v) is 2.06. The van der Waals surface area contributed by atoms with Crippen molar-refractivity contribution in [3.63, 3.8) is 0 Å². The molecule has 0 atom stereocenters. The summed E-state index contributed by atoms with van der Waals surface area (Å²) in [4.78, 5) is 3.85. The molecule has 0 aliphatic carbocycles. The molecule has 0 fully saturated rings. The molecular weight excluding hydrogens is 285 g/mol. The van der Waals surface area contributed by atoms with Crippen molar-refractivity contribution in [2.45, 2.75) is 34.1 Å². The molecular formula is C18H21ClFN. The van der Waals surface area contributed by atoms with E-state index in [1.807, 2.05) is 26.8 Å². The van der Waals surface area contributed by atoms with Crippen LogP contribution in [0.5, 0.6) is 0 Å². The second-order valence-electron chi connectivity index (χ2n) is 5.03. The van der Waals surface area contributed by atoms with Crippen molar-refractivity contribution in [1.82, 2.24) is 4.98 Å². The van der Waals surface area contributed by atoms with Crippen LogP contribution >= 0.6 is 11.6 Å². The lowest BCUT2D eigenvalue weighted by Gasteiger charge is -2.10. The minimum atomic E-state index is -0.478. The van der Waals surface area contributed by atoms with Crippen molar-refractivity contribution in [3.05, 3.63) is 75.9 Å². The summed E-state index contributed by atoms with van der Waals surface area (Å²) in [5.41, 5.74) is 5.41. The Morgan fingerprint density at radius 1 is 1.38 bits per heavy atom. The Hall–Kier alpha value is -1.67. The van der Waals surface area contributed by atoms with Crippen molar-refractivity contribution in [2.24, 2.45) is 0 Å². The van der Waals surface area contributed by atoms with Crippen LogP contribution in [0.3, 0.4) is 0 Å². The van der Waals surface area contributed by atoms with Gasteiger partial charge in [-0.25, -0.2) is 9.37 Å². The number of rotatable bonds is 5. The van der Waals surface area contributed by atoms with E-state index < -0.39 is 5.82 Å². The highest BCUT2D eigenvalue weighted by Crippen LogP contribution is 2.21. The average molecular weight is 306 g/mol. The van der Waals surface area contributed by atoms with E-state index in [0.29, 0.717) is 6.42 Å². The van der Waals surface area contributed by atoms with Crippen LogP contribution in [0.2, 0.25) is 5.15 Å². The van der Waals surface area contributed by atoms with Gasteiger partial charge in [-0.15, -0.1) is 0 Å². The predicted molar refractivity (Wildman–Crippen MR) is 89.0 cm³/mol. The Morgan fingerprint density at radius 3 is 2.57 bits per heavy atom. The van der Waals surface area contributed by atoms with Crippen molar-refractivity contribution in [2.75, 3.05) is 0 Å². The molecule has 0 amide bonds. The zero-order valence-corrected chi connectivity index (χ0v) is 13.8. The Bertz CT molecular complexity index is 624. The van der Waals surface area contributed by atoms with Gasteiger partial charge in [-0.2, -0.15) is 0 Å². The molecule has 0 unspecified atom stereocenters. The summed E-state index contributed by atoms with van der Waals surface area (Å²) in [6.45, 7) is 11.9. The lowest BCUT2D eigenvalue weighted by Crippen LogP contribution is -1.95. The van der Waals surface area contributed by atoms with E-state index in [-0.39, 0.29) is 5.15 Å². The monoisotopic (exact) mass is 305 g/mol. The molecule has 1 aromatic heterocycles. The SMILES string of the molecule is C=C\C(C)=C/C(=C\C)C(/C)=C(\C)Cc1cnc(Cl)c(F)c1. The zero-order valence-electron chi connectivity index (χ0n) is 13.0. The molecule has 0 saturated carbocycles. The van der Waals surface area contributed by atoms with E-state index in [1.54, 1.807) is 6.20 Å². The normalized spacial score (nSPS) is 14.0. The van der Waals surface area contributed by atoms with Crippen molar-refractivity contribution in [1.29, 1.82) is 0 Å². The molecule has 0 saturated heterocycles. The van der Waals surface area contributed by atoms with E-state index in [4.69, 9.17) is 11.6 Å². The first-order valence-electron chi connectivity index (χ1n) is 6.82. The fraction of sp³-hybridized carbons (Fsp3) is 0.278. The Morgan fingerprint density at radius 2 is 2.05 bits per heavy atom. The third-order valence-corrected chi connectivity index (χ3v) is 3.69. The number of nitrogens with zero attached hydrogens (tertiary/aromatic N) is 1. The molecule has 0 N–H and O–H groups in total. The maximum absolute atomic E-state index is 13.4. The lowest BCUT2D eigenvalue weighted by molar-refractivity contribution is 0.619. The van der Waals surface area contributed by atoms with E-state index in [2.05, 4.69) is 30.6 Å². The average Bonchev–Trinajstić information content (AvgIpc) is 2.47. The molecule has 1 heterocycles. The van der Waals surface area contributed by atoms with Gasteiger partial charge in [0.05, 0.1) is 0 Å². The van der Waals surface area contributed by atoms with Crippen LogP contribution in [0.15, 0.2) is 59.4 Å². The van der Waals surface area contributed by atoms with Crippen molar-refractivity contribution >= 4 is 11.6 Å². The summed E-state index contributed by atoms with van der Waals surface area (Å²) < 4.78 is 13.4. The van der Waals surface area contributed by atoms with E-state index in [9.17, 15) is 4.39 Å². The first-order valence-corrected chi connectivity index (χ1v) is 7.20. The molecule has 21 heavy (non-hydrogen) atoms. The number of allylic oxidation sites excluding steroid dienone is 7. The third-order valence-electron chi connectivity index (χ3n) is 3.41. The quantitative estimate of drug-likeness (QED) is 0.492. The van der Waals surface area contributed by atoms with Crippen molar-refractivity contribution < 1.29 is 4.39 Å². The molecule has 0 aromatic carbocycles. The lowest BCUT2D eigenvalue weighted by atomic mass is 9.96. The first-order chi connectivity index (χ1) is 9.88. The summed E-state index contributed by atoms with van der Waals surface area (Å²) in [5, 5.41) is -0.0872. The largest absolute Gasteiger partial charge is 0.241 e. The number of pyridine rings is 1. The Kier molecular flexibility index (Phi) is 6.57. The highest BCUT2D eigenvalue weighted by molar-refractivity contribution is 6.29. The fourth-order valence-electron chi connectivity index (χ4n) is 1.95. The molecule has 0 bridgehead atoms. The molecule has 1 aromatic rings. The van der Waals surface area contributed by atoms with Crippen LogP contribution < -0.4 is 0 Å². The molecule has 0 aliphatic rings. The summed E-state index contributed by atoms with van der Waals surface area (Å²) >= 11 is 5.60.